The molecule has 0 unspecified atom stereocenters. The fraction of sp³-hybridized carbons (Fsp3) is 0.581. The SMILES string of the molecule is CO[C@@H]1/C=C\O[C@@]2(C)Oc3c(C)c(O)c4c(c3C2=O)C(=N[C@H]2CC[C@H](O)O[C@@H]2C)C=C(NC(=O)/C(C)=C\C(=O)[C@@H]2C[C@@H]2[C@H](O)[C@@H](C)[C@@H](O)[C@H](C)[C@@H](OC(C)=O)[C@@H]1C)C4=O. The lowest BCUT2D eigenvalue weighted by molar-refractivity contribution is -0.162. The first-order chi connectivity index (χ1) is 27.7. The van der Waals surface area contributed by atoms with Crippen molar-refractivity contribution in [3.8, 4) is 11.5 Å². The van der Waals surface area contributed by atoms with E-state index in [1.165, 1.54) is 53.2 Å². The summed E-state index contributed by atoms with van der Waals surface area (Å²) in [6.45, 7) is 12.2. The molecule has 6 aliphatic rings. The smallest absolute Gasteiger partial charge is 0.312 e. The highest BCUT2D eigenvalue weighted by Crippen LogP contribution is 2.49. The predicted molar refractivity (Wildman–Crippen MR) is 209 cm³/mol. The van der Waals surface area contributed by atoms with Crippen LogP contribution in [0.1, 0.15) is 99.6 Å². The number of carbonyl (C=O) groups is 5. The van der Waals surface area contributed by atoms with E-state index < -0.39 is 113 Å². The molecule has 0 aromatic heterocycles. The molecule has 1 aromatic rings. The summed E-state index contributed by atoms with van der Waals surface area (Å²) in [5.74, 6) is -9.25. The highest BCUT2D eigenvalue weighted by atomic mass is 16.7. The number of Topliss-reactive ketones (excluding diaryl/α,β-unsaturated/α-hetero) is 2. The molecular weight excluding hydrogens is 768 g/mol. The number of aliphatic imine (C=N–C) groups is 1. The molecule has 16 nitrogen and oxygen atoms in total. The molecule has 1 amide bonds. The van der Waals surface area contributed by atoms with Gasteiger partial charge in [0.25, 0.3) is 11.7 Å². The number of carbonyl (C=O) groups excluding carboxylic acids is 5. The molecule has 5 N–H and O–H groups in total. The van der Waals surface area contributed by atoms with E-state index in [9.17, 15) is 44.4 Å². The Morgan fingerprint density at radius 2 is 1.64 bits per heavy atom. The summed E-state index contributed by atoms with van der Waals surface area (Å²) in [5, 5.41) is 47.2. The zero-order chi connectivity index (χ0) is 43.4. The van der Waals surface area contributed by atoms with Gasteiger partial charge < -0.3 is 49.4 Å². The van der Waals surface area contributed by atoms with E-state index in [0.29, 0.717) is 12.8 Å². The second-order valence-corrected chi connectivity index (χ2v) is 16.6. The largest absolute Gasteiger partial charge is 0.507 e. The van der Waals surface area contributed by atoms with E-state index in [1.54, 1.807) is 27.7 Å². The lowest BCUT2D eigenvalue weighted by atomic mass is 9.79. The van der Waals surface area contributed by atoms with E-state index in [4.69, 9.17) is 28.7 Å². The van der Waals surface area contributed by atoms with Gasteiger partial charge in [0.2, 0.25) is 5.78 Å². The van der Waals surface area contributed by atoms with Crippen molar-refractivity contribution in [3.05, 3.63) is 58.0 Å². The topological polar surface area (TPSA) is 237 Å². The first-order valence-electron chi connectivity index (χ1n) is 20.0. The molecule has 0 spiro atoms. The normalized spacial score (nSPS) is 38.6. The van der Waals surface area contributed by atoms with Crippen LogP contribution in [0.5, 0.6) is 11.5 Å². The van der Waals surface area contributed by atoms with Crippen LogP contribution in [-0.2, 0) is 33.3 Å². The van der Waals surface area contributed by atoms with Crippen LogP contribution in [0.2, 0.25) is 0 Å². The number of methoxy groups -OCH3 is 1. The van der Waals surface area contributed by atoms with Crippen molar-refractivity contribution in [1.82, 2.24) is 5.32 Å². The van der Waals surface area contributed by atoms with E-state index in [-0.39, 0.29) is 51.4 Å². The van der Waals surface area contributed by atoms with Crippen LogP contribution < -0.4 is 10.1 Å². The number of ketones is 3. The van der Waals surface area contributed by atoms with Gasteiger partial charge in [-0.1, -0.05) is 20.8 Å². The number of ether oxygens (including phenoxy) is 5. The first kappa shape index (κ1) is 43.8. The Morgan fingerprint density at radius 1 is 0.949 bits per heavy atom. The Balaban J connectivity index is 1.48. The van der Waals surface area contributed by atoms with Gasteiger partial charge in [-0.2, -0.15) is 0 Å². The number of hydrogen-bond donors (Lipinski definition) is 5. The maximum Gasteiger partial charge on any atom is 0.312 e. The molecule has 59 heavy (non-hydrogen) atoms. The molecule has 4 aliphatic heterocycles. The Labute approximate surface area is 342 Å². The number of nitrogens with one attached hydrogen (secondary N) is 1. The lowest BCUT2D eigenvalue weighted by Crippen LogP contribution is -2.46. The van der Waals surface area contributed by atoms with Gasteiger partial charge in [0, 0.05) is 67.7 Å². The number of fused-ring (bicyclic) bond motifs is 12. The number of aromatic hydroxyl groups is 1. The summed E-state index contributed by atoms with van der Waals surface area (Å²) in [7, 11) is 1.42. The Hall–Kier alpha value is -4.74. The number of amides is 1. The van der Waals surface area contributed by atoms with Crippen molar-refractivity contribution in [2.24, 2.45) is 34.6 Å². The minimum atomic E-state index is -2.03. The fourth-order valence-corrected chi connectivity index (χ4v) is 8.69. The van der Waals surface area contributed by atoms with Gasteiger partial charge in [0.1, 0.15) is 17.6 Å². The summed E-state index contributed by atoms with van der Waals surface area (Å²) >= 11 is 0. The van der Waals surface area contributed by atoms with Gasteiger partial charge in [-0.3, -0.25) is 29.0 Å². The number of phenolic OH excluding ortho intramolecular Hbond substituents is 1. The van der Waals surface area contributed by atoms with Crippen LogP contribution in [0.4, 0.5) is 0 Å². The molecular formula is C43H54N2O14. The highest BCUT2D eigenvalue weighted by Gasteiger charge is 2.52. The third-order valence-corrected chi connectivity index (χ3v) is 12.4. The van der Waals surface area contributed by atoms with Crippen LogP contribution in [0.3, 0.4) is 0 Å². The monoisotopic (exact) mass is 822 g/mol. The third kappa shape index (κ3) is 8.25. The number of phenols is 1. The van der Waals surface area contributed by atoms with Crippen molar-refractivity contribution in [2.75, 3.05) is 7.11 Å². The highest BCUT2D eigenvalue weighted by molar-refractivity contribution is 6.32. The molecule has 5 bridgehead atoms. The molecule has 320 valence electrons. The number of nitrogens with zero attached hydrogens (tertiary/aromatic N) is 1. The molecule has 4 heterocycles. The Morgan fingerprint density at radius 3 is 2.29 bits per heavy atom. The number of aliphatic hydroxyl groups excluding tert-OH is 3. The standard InChI is InChI=1S/C43H54N2O14/c1-17-14-29(47)24-15-25(24)36(50)19(3)35(49)20(4)39(58-23(7)46)18(2)30(55-9)12-13-56-43(8)41(53)34-32-27(44-26-10-11-31(48)57-22(26)6)16-28(45-42(17)54)38(52)33(32)37(51)21(5)40(34)59-43/h12-14,16,18-20,22,24-26,30-31,35-36,39,48-51H,10-11,15H2,1-9H3,(H,45,54)/b13-12-,17-14-,44-27?/t18-,19+,20+,22-,24-,25+,26+,30-,31-,35-,36-,39+,43+/m1/s1. The molecule has 13 atom stereocenters. The van der Waals surface area contributed by atoms with Gasteiger partial charge in [0.15, 0.2) is 12.1 Å². The second-order valence-electron chi connectivity index (χ2n) is 16.6. The van der Waals surface area contributed by atoms with Crippen LogP contribution in [0.15, 0.2) is 40.8 Å². The van der Waals surface area contributed by atoms with Gasteiger partial charge in [-0.25, -0.2) is 0 Å². The summed E-state index contributed by atoms with van der Waals surface area (Å²) < 4.78 is 29.3. The number of allylic oxidation sites excluding steroid dienone is 3. The number of esters is 1. The minimum Gasteiger partial charge on any atom is -0.507 e. The zero-order valence-electron chi connectivity index (χ0n) is 34.7. The predicted octanol–water partition coefficient (Wildman–Crippen LogP) is 3.14. The lowest BCUT2D eigenvalue weighted by Gasteiger charge is -2.37. The Bertz CT molecular complexity index is 2050. The molecule has 1 saturated carbocycles. The van der Waals surface area contributed by atoms with Crippen molar-refractivity contribution in [3.63, 3.8) is 0 Å². The minimum absolute atomic E-state index is 0.0441. The van der Waals surface area contributed by atoms with Crippen molar-refractivity contribution >= 4 is 34.9 Å². The van der Waals surface area contributed by atoms with Crippen LogP contribution >= 0.6 is 0 Å². The summed E-state index contributed by atoms with van der Waals surface area (Å²) in [6.07, 6.45) is 0.385. The Kier molecular flexibility index (Phi) is 12.4. The summed E-state index contributed by atoms with van der Waals surface area (Å²) in [6, 6.07) is -0.576. The average Bonchev–Trinajstić information content (AvgIpc) is 3.94. The van der Waals surface area contributed by atoms with E-state index in [1.807, 2.05) is 0 Å². The molecule has 2 fully saturated rings. The maximum absolute atomic E-state index is 14.5. The number of rotatable bonds is 3. The zero-order valence-corrected chi connectivity index (χ0v) is 34.7. The van der Waals surface area contributed by atoms with Gasteiger partial charge >= 0.3 is 11.8 Å². The fourth-order valence-electron chi connectivity index (χ4n) is 8.69. The molecule has 7 rings (SSSR count). The second kappa shape index (κ2) is 16.7. The van der Waals surface area contributed by atoms with Crippen LogP contribution in [-0.4, -0.2) is 111 Å². The van der Waals surface area contributed by atoms with Gasteiger partial charge in [0.05, 0.1) is 59.3 Å². The van der Waals surface area contributed by atoms with Crippen molar-refractivity contribution in [2.45, 2.75) is 123 Å². The molecule has 16 heteroatoms. The van der Waals surface area contributed by atoms with Gasteiger partial charge in [-0.05, 0) is 57.8 Å². The third-order valence-electron chi connectivity index (χ3n) is 12.4. The van der Waals surface area contributed by atoms with E-state index in [2.05, 4.69) is 5.32 Å². The number of hydrogen-bond acceptors (Lipinski definition) is 15. The quantitative estimate of drug-likeness (QED) is 0.276. The van der Waals surface area contributed by atoms with Gasteiger partial charge in [-0.15, -0.1) is 0 Å². The van der Waals surface area contributed by atoms with Crippen molar-refractivity contribution < 1.29 is 68.1 Å². The molecule has 2 aliphatic carbocycles. The molecule has 1 saturated heterocycles. The summed E-state index contributed by atoms with van der Waals surface area (Å²) in [5.41, 5.74) is -0.683. The van der Waals surface area contributed by atoms with Crippen LogP contribution in [0.25, 0.3) is 0 Å². The molecule has 1 aromatic carbocycles. The maximum atomic E-state index is 14.5. The number of benzene rings is 1. The van der Waals surface area contributed by atoms with E-state index in [0.717, 1.165) is 6.08 Å². The van der Waals surface area contributed by atoms with Crippen LogP contribution in [0, 0.1) is 36.5 Å². The first-order valence-corrected chi connectivity index (χ1v) is 20.0. The average molecular weight is 823 g/mol. The number of aliphatic hydroxyl groups is 3. The van der Waals surface area contributed by atoms with Crippen molar-refractivity contribution in [1.29, 1.82) is 0 Å². The molecule has 0 radical (unpaired) electrons. The van der Waals surface area contributed by atoms with E-state index >= 15 is 0 Å². The summed E-state index contributed by atoms with van der Waals surface area (Å²) in [4.78, 5) is 73.1.